The van der Waals surface area contributed by atoms with Gasteiger partial charge in [-0.05, 0) is 6.42 Å². The molecule has 1 rings (SSSR count). The summed E-state index contributed by atoms with van der Waals surface area (Å²) in [4.78, 5) is 3.87. The Morgan fingerprint density at radius 3 is 2.71 bits per heavy atom. The summed E-state index contributed by atoms with van der Waals surface area (Å²) in [7, 11) is 0. The zero-order valence-electron chi connectivity index (χ0n) is 8.19. The second-order valence-corrected chi connectivity index (χ2v) is 3.07. The third-order valence-corrected chi connectivity index (χ3v) is 1.99. The van der Waals surface area contributed by atoms with Crippen molar-refractivity contribution in [2.24, 2.45) is 0 Å². The number of hydrogen-bond donors (Lipinski definition) is 0. The van der Waals surface area contributed by atoms with Crippen LogP contribution >= 0.6 is 0 Å². The lowest BCUT2D eigenvalue weighted by Crippen LogP contribution is -1.99. The summed E-state index contributed by atoms with van der Waals surface area (Å²) in [5.74, 6) is 0.331. The molecule has 0 bridgehead atoms. The Morgan fingerprint density at radius 1 is 1.36 bits per heavy atom. The van der Waals surface area contributed by atoms with Crippen LogP contribution in [0.1, 0.15) is 37.7 Å². The molecular formula is C10H12N4. The van der Waals surface area contributed by atoms with Gasteiger partial charge in [0.15, 0.2) is 5.69 Å². The number of hydrogen-bond acceptors (Lipinski definition) is 3. The highest BCUT2D eigenvalue weighted by Crippen LogP contribution is 2.04. The predicted molar refractivity (Wildman–Crippen MR) is 51.2 cm³/mol. The van der Waals surface area contributed by atoms with Gasteiger partial charge in [-0.25, -0.2) is 4.98 Å². The van der Waals surface area contributed by atoms with E-state index in [-0.39, 0.29) is 0 Å². The first kappa shape index (κ1) is 10.3. The highest BCUT2D eigenvalue weighted by Gasteiger charge is 2.05. The summed E-state index contributed by atoms with van der Waals surface area (Å²) in [5, 5.41) is 17.3. The molecule has 0 aromatic carbocycles. The topological polar surface area (TPSA) is 65.4 Å². The van der Waals surface area contributed by atoms with E-state index in [4.69, 9.17) is 10.5 Å². The third kappa shape index (κ3) is 2.34. The van der Waals surface area contributed by atoms with E-state index < -0.39 is 0 Å². The van der Waals surface area contributed by atoms with Crippen LogP contribution in [0.3, 0.4) is 0 Å². The Bertz CT molecular complexity index is 378. The second kappa shape index (κ2) is 5.04. The van der Waals surface area contributed by atoms with E-state index in [0.717, 1.165) is 25.8 Å². The smallest absolute Gasteiger partial charge is 0.214 e. The molecule has 4 heteroatoms. The average molecular weight is 188 g/mol. The zero-order chi connectivity index (χ0) is 10.4. The Balaban J connectivity index is 2.71. The van der Waals surface area contributed by atoms with Crippen molar-refractivity contribution in [1.29, 1.82) is 10.5 Å². The summed E-state index contributed by atoms with van der Waals surface area (Å²) in [6.45, 7) is 2.89. The van der Waals surface area contributed by atoms with Crippen molar-refractivity contribution in [3.05, 3.63) is 17.7 Å². The highest BCUT2D eigenvalue weighted by molar-refractivity contribution is 5.24. The Hall–Kier alpha value is -1.81. The summed E-state index contributed by atoms with van der Waals surface area (Å²) < 4.78 is 1.74. The molecular weight excluding hydrogens is 176 g/mol. The van der Waals surface area contributed by atoms with E-state index in [2.05, 4.69) is 11.9 Å². The molecule has 0 saturated heterocycles. The van der Waals surface area contributed by atoms with Gasteiger partial charge in [-0.3, -0.25) is 0 Å². The van der Waals surface area contributed by atoms with E-state index in [0.29, 0.717) is 11.5 Å². The molecule has 0 aliphatic carbocycles. The molecule has 72 valence electrons. The van der Waals surface area contributed by atoms with Crippen LogP contribution in [0, 0.1) is 22.7 Å². The maximum absolute atomic E-state index is 8.74. The quantitative estimate of drug-likeness (QED) is 0.677. The third-order valence-electron chi connectivity index (χ3n) is 1.99. The van der Waals surface area contributed by atoms with Gasteiger partial charge >= 0.3 is 0 Å². The molecule has 4 nitrogen and oxygen atoms in total. The number of rotatable bonds is 4. The lowest BCUT2D eigenvalue weighted by atomic mass is 10.2. The van der Waals surface area contributed by atoms with Gasteiger partial charge in [-0.1, -0.05) is 19.8 Å². The van der Waals surface area contributed by atoms with Crippen molar-refractivity contribution in [1.82, 2.24) is 9.55 Å². The number of unbranched alkanes of at least 4 members (excludes halogenated alkanes) is 2. The molecule has 0 fully saturated rings. The minimum Gasteiger partial charge on any atom is -0.321 e. The number of nitrogens with zero attached hydrogens (tertiary/aromatic N) is 4. The number of aryl methyl sites for hydroxylation is 1. The first-order chi connectivity index (χ1) is 6.81. The van der Waals surface area contributed by atoms with Crippen molar-refractivity contribution >= 4 is 0 Å². The van der Waals surface area contributed by atoms with E-state index in [1.165, 1.54) is 0 Å². The first-order valence-corrected chi connectivity index (χ1v) is 4.69. The van der Waals surface area contributed by atoms with Gasteiger partial charge in [0.05, 0.1) is 0 Å². The van der Waals surface area contributed by atoms with Crippen LogP contribution in [0.25, 0.3) is 0 Å². The molecule has 0 N–H and O–H groups in total. The molecule has 0 atom stereocenters. The number of aromatic nitrogens is 2. The standard InChI is InChI=1S/C10H12N4/c1-2-3-4-5-14-8-9(6-11)13-10(14)7-12/h8H,2-5H2,1H3. The lowest BCUT2D eigenvalue weighted by molar-refractivity contribution is 0.597. The molecule has 1 heterocycles. The van der Waals surface area contributed by atoms with E-state index in [9.17, 15) is 0 Å². The van der Waals surface area contributed by atoms with Gasteiger partial charge in [-0.15, -0.1) is 0 Å². The van der Waals surface area contributed by atoms with Gasteiger partial charge in [0.1, 0.15) is 12.1 Å². The predicted octanol–water partition coefficient (Wildman–Crippen LogP) is 1.82. The molecule has 0 radical (unpaired) electrons. The lowest BCUT2D eigenvalue weighted by Gasteiger charge is -2.00. The van der Waals surface area contributed by atoms with E-state index >= 15 is 0 Å². The number of imidazole rings is 1. The summed E-state index contributed by atoms with van der Waals surface area (Å²) in [6.07, 6.45) is 4.92. The minimum absolute atomic E-state index is 0.318. The van der Waals surface area contributed by atoms with Crippen LogP contribution in [-0.4, -0.2) is 9.55 Å². The van der Waals surface area contributed by atoms with Crippen molar-refractivity contribution in [3.63, 3.8) is 0 Å². The number of nitriles is 2. The van der Waals surface area contributed by atoms with Crippen LogP contribution in [0.2, 0.25) is 0 Å². The largest absolute Gasteiger partial charge is 0.321 e. The maximum Gasteiger partial charge on any atom is 0.214 e. The summed E-state index contributed by atoms with van der Waals surface area (Å²) in [5.41, 5.74) is 0.318. The normalized spacial score (nSPS) is 9.36. The minimum atomic E-state index is 0.318. The van der Waals surface area contributed by atoms with E-state index in [1.54, 1.807) is 10.8 Å². The molecule has 1 aromatic rings. The van der Waals surface area contributed by atoms with Gasteiger partial charge < -0.3 is 4.57 Å². The molecule has 1 aromatic heterocycles. The van der Waals surface area contributed by atoms with Gasteiger partial charge in [0, 0.05) is 12.7 Å². The molecule has 0 spiro atoms. The fourth-order valence-electron chi connectivity index (χ4n) is 1.26. The van der Waals surface area contributed by atoms with Crippen molar-refractivity contribution in [2.75, 3.05) is 0 Å². The fraction of sp³-hybridized carbons (Fsp3) is 0.500. The van der Waals surface area contributed by atoms with Gasteiger partial charge in [0.2, 0.25) is 5.82 Å². The monoisotopic (exact) mass is 188 g/mol. The summed E-state index contributed by atoms with van der Waals surface area (Å²) in [6, 6.07) is 3.91. The van der Waals surface area contributed by atoms with Gasteiger partial charge in [-0.2, -0.15) is 10.5 Å². The molecule has 14 heavy (non-hydrogen) atoms. The zero-order valence-corrected chi connectivity index (χ0v) is 8.19. The highest BCUT2D eigenvalue weighted by atomic mass is 15.1. The van der Waals surface area contributed by atoms with E-state index in [1.807, 2.05) is 12.1 Å². The van der Waals surface area contributed by atoms with Crippen molar-refractivity contribution < 1.29 is 0 Å². The maximum atomic E-state index is 8.74. The van der Waals surface area contributed by atoms with Crippen LogP contribution in [-0.2, 0) is 6.54 Å². The molecule has 0 aliphatic rings. The van der Waals surface area contributed by atoms with Crippen molar-refractivity contribution in [3.8, 4) is 12.1 Å². The Morgan fingerprint density at radius 2 is 2.14 bits per heavy atom. The summed E-state index contributed by atoms with van der Waals surface area (Å²) >= 11 is 0. The SMILES string of the molecule is CCCCCn1cc(C#N)nc1C#N. The van der Waals surface area contributed by atoms with Crippen LogP contribution in [0.15, 0.2) is 6.20 Å². The average Bonchev–Trinajstić information content (AvgIpc) is 2.61. The van der Waals surface area contributed by atoms with Crippen molar-refractivity contribution in [2.45, 2.75) is 32.7 Å². The molecule has 0 saturated carbocycles. The van der Waals surface area contributed by atoms with Crippen LogP contribution in [0.5, 0.6) is 0 Å². The van der Waals surface area contributed by atoms with Crippen LogP contribution in [0.4, 0.5) is 0 Å². The Kier molecular flexibility index (Phi) is 3.69. The fourth-order valence-corrected chi connectivity index (χ4v) is 1.26. The first-order valence-electron chi connectivity index (χ1n) is 4.69. The second-order valence-electron chi connectivity index (χ2n) is 3.07. The molecule has 0 amide bonds. The van der Waals surface area contributed by atoms with Gasteiger partial charge in [0.25, 0.3) is 0 Å². The molecule has 0 aliphatic heterocycles. The Labute approximate surface area is 83.4 Å². The van der Waals surface area contributed by atoms with Crippen LogP contribution < -0.4 is 0 Å². The molecule has 0 unspecified atom stereocenters.